The first-order valence-corrected chi connectivity index (χ1v) is 7.57. The number of alkyl halides is 2. The normalized spacial score (nSPS) is 26.1. The van der Waals surface area contributed by atoms with Crippen LogP contribution < -0.4 is 5.32 Å². The van der Waals surface area contributed by atoms with Crippen molar-refractivity contribution in [1.82, 2.24) is 10.2 Å². The Hall–Kier alpha value is -1.27. The van der Waals surface area contributed by atoms with Crippen LogP contribution in [0.5, 0.6) is 0 Å². The molecule has 2 unspecified atom stereocenters. The Balaban J connectivity index is 0.00000192. The minimum Gasteiger partial charge on any atom is -0.341 e. The molecular weight excluding hydrogens is 329 g/mol. The van der Waals surface area contributed by atoms with E-state index in [1.807, 2.05) is 0 Å². The van der Waals surface area contributed by atoms with Gasteiger partial charge in [0.15, 0.2) is 0 Å². The maximum absolute atomic E-state index is 13.2. The monoisotopic (exact) mass is 348 g/mol. The predicted octanol–water partition coefficient (Wildman–Crippen LogP) is 2.64. The summed E-state index contributed by atoms with van der Waals surface area (Å²) in [5, 5.41) is 2.61. The van der Waals surface area contributed by atoms with E-state index in [4.69, 9.17) is 0 Å². The fourth-order valence-electron chi connectivity index (χ4n) is 3.26. The number of nitrogens with one attached hydrogen (secondary N) is 1. The molecule has 3 rings (SSSR count). The molecule has 1 aromatic carbocycles. The van der Waals surface area contributed by atoms with E-state index in [9.17, 15) is 18.0 Å². The zero-order chi connectivity index (χ0) is 15.7. The van der Waals surface area contributed by atoms with Crippen LogP contribution in [0.25, 0.3) is 0 Å². The van der Waals surface area contributed by atoms with Crippen LogP contribution in [-0.4, -0.2) is 42.4 Å². The number of hydrogen-bond donors (Lipinski definition) is 1. The first-order chi connectivity index (χ1) is 10.4. The van der Waals surface area contributed by atoms with Crippen molar-refractivity contribution in [3.8, 4) is 0 Å². The number of rotatable bonds is 3. The molecule has 2 saturated heterocycles. The van der Waals surface area contributed by atoms with Gasteiger partial charge < -0.3 is 4.90 Å². The van der Waals surface area contributed by atoms with E-state index in [-0.39, 0.29) is 24.1 Å². The molecule has 0 radical (unpaired) electrons. The molecule has 0 aromatic heterocycles. The van der Waals surface area contributed by atoms with Gasteiger partial charge in [0, 0.05) is 19.5 Å². The summed E-state index contributed by atoms with van der Waals surface area (Å²) in [7, 11) is 0. The third-order valence-electron chi connectivity index (χ3n) is 4.44. The molecule has 3 nitrogen and oxygen atoms in total. The molecule has 0 bridgehead atoms. The van der Waals surface area contributed by atoms with E-state index < -0.39 is 24.9 Å². The van der Waals surface area contributed by atoms with Crippen LogP contribution in [0.2, 0.25) is 0 Å². The van der Waals surface area contributed by atoms with Gasteiger partial charge in [-0.15, -0.1) is 12.4 Å². The van der Waals surface area contributed by atoms with E-state index in [1.165, 1.54) is 12.1 Å². The molecule has 2 fully saturated rings. The van der Waals surface area contributed by atoms with Crippen LogP contribution >= 0.6 is 12.4 Å². The fraction of sp³-hybridized carbons (Fsp3) is 0.562. The van der Waals surface area contributed by atoms with Gasteiger partial charge in [-0.1, -0.05) is 12.1 Å². The Bertz CT molecular complexity index is 553. The SMILES string of the molecule is Cl.O=C(C1CC(F)(F)CN1)N1CCC(Cc2ccc(F)cc2)C1. The lowest BCUT2D eigenvalue weighted by Crippen LogP contribution is -2.42. The molecule has 2 aliphatic heterocycles. The zero-order valence-electron chi connectivity index (χ0n) is 12.6. The summed E-state index contributed by atoms with van der Waals surface area (Å²) in [5.74, 6) is -2.97. The fourth-order valence-corrected chi connectivity index (χ4v) is 3.26. The van der Waals surface area contributed by atoms with Crippen LogP contribution in [-0.2, 0) is 11.2 Å². The highest BCUT2D eigenvalue weighted by atomic mass is 35.5. The summed E-state index contributed by atoms with van der Waals surface area (Å²) in [6.45, 7) is 0.769. The van der Waals surface area contributed by atoms with Crippen molar-refractivity contribution in [2.24, 2.45) is 5.92 Å². The van der Waals surface area contributed by atoms with Gasteiger partial charge >= 0.3 is 0 Å². The summed E-state index contributed by atoms with van der Waals surface area (Å²) in [6, 6.07) is 5.59. The summed E-state index contributed by atoms with van der Waals surface area (Å²) < 4.78 is 39.2. The largest absolute Gasteiger partial charge is 0.341 e. The first-order valence-electron chi connectivity index (χ1n) is 7.57. The average Bonchev–Trinajstić information content (AvgIpc) is 3.07. The number of hydrogen-bond acceptors (Lipinski definition) is 2. The summed E-state index contributed by atoms with van der Waals surface area (Å²) >= 11 is 0. The van der Waals surface area contributed by atoms with Gasteiger partial charge in [-0.3, -0.25) is 10.1 Å². The van der Waals surface area contributed by atoms with Crippen LogP contribution in [0.15, 0.2) is 24.3 Å². The predicted molar refractivity (Wildman–Crippen MR) is 83.4 cm³/mol. The minimum absolute atomic E-state index is 0. The number of halogens is 4. The van der Waals surface area contributed by atoms with Crippen LogP contribution in [0.1, 0.15) is 18.4 Å². The molecule has 0 spiro atoms. The Morgan fingerprint density at radius 1 is 1.30 bits per heavy atom. The van der Waals surface area contributed by atoms with Gasteiger partial charge in [-0.25, -0.2) is 13.2 Å². The second-order valence-electron chi connectivity index (χ2n) is 6.26. The molecule has 1 aromatic rings. The molecule has 7 heteroatoms. The number of amides is 1. The van der Waals surface area contributed by atoms with Crippen LogP contribution in [0, 0.1) is 11.7 Å². The molecule has 2 heterocycles. The zero-order valence-corrected chi connectivity index (χ0v) is 13.4. The number of nitrogens with zero attached hydrogens (tertiary/aromatic N) is 1. The van der Waals surface area contributed by atoms with Gasteiger partial charge in [0.05, 0.1) is 12.6 Å². The van der Waals surface area contributed by atoms with Gasteiger partial charge in [-0.2, -0.15) is 0 Å². The van der Waals surface area contributed by atoms with Crippen molar-refractivity contribution >= 4 is 18.3 Å². The standard InChI is InChI=1S/C16H19F3N2O.ClH/c17-13-3-1-11(2-4-13)7-12-5-6-21(9-12)15(22)14-8-16(18,19)10-20-14;/h1-4,12,14,20H,5-10H2;1H. The summed E-state index contributed by atoms with van der Waals surface area (Å²) in [5.41, 5.74) is 1.03. The lowest BCUT2D eigenvalue weighted by molar-refractivity contribution is -0.132. The number of likely N-dealkylation sites (tertiary alicyclic amines) is 1. The molecular formula is C16H20ClF3N2O. The Morgan fingerprint density at radius 2 is 2.00 bits per heavy atom. The molecule has 128 valence electrons. The van der Waals surface area contributed by atoms with Crippen molar-refractivity contribution in [2.45, 2.75) is 31.2 Å². The van der Waals surface area contributed by atoms with E-state index in [0.29, 0.717) is 19.0 Å². The number of carbonyl (C=O) groups is 1. The average molecular weight is 349 g/mol. The van der Waals surface area contributed by atoms with E-state index in [0.717, 1.165) is 18.4 Å². The molecule has 0 saturated carbocycles. The molecule has 1 N–H and O–H groups in total. The van der Waals surface area contributed by atoms with Crippen LogP contribution in [0.4, 0.5) is 13.2 Å². The number of benzene rings is 1. The smallest absolute Gasteiger partial charge is 0.262 e. The highest BCUT2D eigenvalue weighted by Crippen LogP contribution is 2.28. The van der Waals surface area contributed by atoms with Crippen molar-refractivity contribution in [2.75, 3.05) is 19.6 Å². The summed E-state index contributed by atoms with van der Waals surface area (Å²) in [4.78, 5) is 13.9. The second-order valence-corrected chi connectivity index (χ2v) is 6.26. The molecule has 2 atom stereocenters. The molecule has 1 amide bonds. The first kappa shape index (κ1) is 18.1. The maximum Gasteiger partial charge on any atom is 0.262 e. The second kappa shape index (κ2) is 7.09. The van der Waals surface area contributed by atoms with Crippen molar-refractivity contribution in [3.05, 3.63) is 35.6 Å². The van der Waals surface area contributed by atoms with Gasteiger partial charge in [0.1, 0.15) is 5.82 Å². The van der Waals surface area contributed by atoms with Crippen molar-refractivity contribution in [1.29, 1.82) is 0 Å². The molecule has 2 aliphatic rings. The topological polar surface area (TPSA) is 32.3 Å². The minimum atomic E-state index is -2.78. The third kappa shape index (κ3) is 4.38. The maximum atomic E-state index is 13.2. The van der Waals surface area contributed by atoms with E-state index in [1.54, 1.807) is 17.0 Å². The highest BCUT2D eigenvalue weighted by Gasteiger charge is 2.44. The lowest BCUT2D eigenvalue weighted by Gasteiger charge is -2.20. The van der Waals surface area contributed by atoms with Gasteiger partial charge in [0.25, 0.3) is 5.92 Å². The highest BCUT2D eigenvalue weighted by molar-refractivity contribution is 5.85. The van der Waals surface area contributed by atoms with Crippen LogP contribution in [0.3, 0.4) is 0 Å². The summed E-state index contributed by atoms with van der Waals surface area (Å²) in [6.07, 6.45) is 1.22. The van der Waals surface area contributed by atoms with E-state index in [2.05, 4.69) is 5.32 Å². The van der Waals surface area contributed by atoms with Gasteiger partial charge in [0.2, 0.25) is 5.91 Å². The van der Waals surface area contributed by atoms with E-state index >= 15 is 0 Å². The van der Waals surface area contributed by atoms with Gasteiger partial charge in [-0.05, 0) is 36.5 Å². The quantitative estimate of drug-likeness (QED) is 0.910. The third-order valence-corrected chi connectivity index (χ3v) is 4.44. The molecule has 0 aliphatic carbocycles. The van der Waals surface area contributed by atoms with Crippen molar-refractivity contribution < 1.29 is 18.0 Å². The number of carbonyl (C=O) groups excluding carboxylic acids is 1. The lowest BCUT2D eigenvalue weighted by atomic mass is 9.99. The molecule has 23 heavy (non-hydrogen) atoms. The van der Waals surface area contributed by atoms with Crippen molar-refractivity contribution in [3.63, 3.8) is 0 Å². The Morgan fingerprint density at radius 3 is 2.61 bits per heavy atom. The Kier molecular flexibility index (Phi) is 5.57. The Labute approximate surface area is 139 Å².